The van der Waals surface area contributed by atoms with Gasteiger partial charge in [-0.15, -0.1) is 0 Å². The molecule has 1 aliphatic rings. The average molecular weight is 167 g/mol. The molecule has 4 nitrogen and oxygen atoms in total. The summed E-state index contributed by atoms with van der Waals surface area (Å²) >= 11 is 0. The highest BCUT2D eigenvalue weighted by molar-refractivity contribution is 5.72. The largest absolute Gasteiger partial charge is 0.351 e. The number of nitriles is 1. The summed E-state index contributed by atoms with van der Waals surface area (Å²) in [6.07, 6.45) is 4.26. The highest BCUT2D eigenvalue weighted by atomic mass is 16.2. The summed E-state index contributed by atoms with van der Waals surface area (Å²) < 4.78 is 0. The molecule has 0 atom stereocenters. The van der Waals surface area contributed by atoms with Gasteiger partial charge in [-0.25, -0.2) is 4.79 Å². The van der Waals surface area contributed by atoms with Crippen molar-refractivity contribution in [1.82, 2.24) is 4.90 Å². The maximum absolute atomic E-state index is 10.9. The first-order valence-corrected chi connectivity index (χ1v) is 4.18. The Hall–Kier alpha value is -1.24. The summed E-state index contributed by atoms with van der Waals surface area (Å²) in [5, 5.41) is 8.45. The van der Waals surface area contributed by atoms with Crippen molar-refractivity contribution in [2.24, 2.45) is 5.73 Å². The molecule has 4 heteroatoms. The van der Waals surface area contributed by atoms with Crippen LogP contribution in [0.5, 0.6) is 0 Å². The van der Waals surface area contributed by atoms with Crippen LogP contribution in [-0.4, -0.2) is 23.5 Å². The van der Waals surface area contributed by atoms with Gasteiger partial charge in [0.05, 0.1) is 6.07 Å². The lowest BCUT2D eigenvalue weighted by molar-refractivity contribution is 0.193. The average Bonchev–Trinajstić information content (AvgIpc) is 2.51. The van der Waals surface area contributed by atoms with Gasteiger partial charge in [-0.3, -0.25) is 0 Å². The van der Waals surface area contributed by atoms with Crippen LogP contribution in [0.1, 0.15) is 25.7 Å². The number of carbonyl (C=O) groups is 1. The topological polar surface area (TPSA) is 70.1 Å². The summed E-state index contributed by atoms with van der Waals surface area (Å²) in [6.45, 7) is 0.125. The second-order valence-electron chi connectivity index (χ2n) is 3.06. The first-order chi connectivity index (χ1) is 5.75. The van der Waals surface area contributed by atoms with Gasteiger partial charge >= 0.3 is 6.03 Å². The Morgan fingerprint density at radius 2 is 2.17 bits per heavy atom. The quantitative estimate of drug-likeness (QED) is 0.619. The lowest BCUT2D eigenvalue weighted by Gasteiger charge is -2.23. The summed E-state index contributed by atoms with van der Waals surface area (Å²) in [5.74, 6) is 0. The molecule has 0 spiro atoms. The van der Waals surface area contributed by atoms with Gasteiger partial charge in [0.2, 0.25) is 0 Å². The number of nitrogens with two attached hydrogens (primary N) is 1. The van der Waals surface area contributed by atoms with Crippen molar-refractivity contribution in [2.75, 3.05) is 6.54 Å². The van der Waals surface area contributed by atoms with Crippen molar-refractivity contribution in [1.29, 1.82) is 5.26 Å². The lowest BCUT2D eigenvalue weighted by Crippen LogP contribution is -2.42. The second kappa shape index (κ2) is 3.96. The van der Waals surface area contributed by atoms with Crippen molar-refractivity contribution < 1.29 is 4.79 Å². The first-order valence-electron chi connectivity index (χ1n) is 4.18. The van der Waals surface area contributed by atoms with E-state index in [1.54, 1.807) is 0 Å². The molecule has 1 fully saturated rings. The van der Waals surface area contributed by atoms with Crippen LogP contribution in [-0.2, 0) is 0 Å². The minimum absolute atomic E-state index is 0.125. The number of hydrogen-bond acceptors (Lipinski definition) is 2. The van der Waals surface area contributed by atoms with Crippen molar-refractivity contribution >= 4 is 6.03 Å². The summed E-state index contributed by atoms with van der Waals surface area (Å²) in [7, 11) is 0. The van der Waals surface area contributed by atoms with Crippen LogP contribution in [0.15, 0.2) is 0 Å². The van der Waals surface area contributed by atoms with Crippen LogP contribution in [0, 0.1) is 11.3 Å². The molecule has 0 aromatic carbocycles. The minimum Gasteiger partial charge on any atom is -0.351 e. The number of rotatable bonds is 2. The third-order valence-corrected chi connectivity index (χ3v) is 2.29. The Morgan fingerprint density at radius 3 is 2.58 bits per heavy atom. The fourth-order valence-corrected chi connectivity index (χ4v) is 1.68. The van der Waals surface area contributed by atoms with E-state index in [1.165, 1.54) is 4.90 Å². The van der Waals surface area contributed by atoms with Gasteiger partial charge in [-0.1, -0.05) is 12.8 Å². The molecule has 1 saturated carbocycles. The Morgan fingerprint density at radius 1 is 1.58 bits per heavy atom. The Balaban J connectivity index is 2.52. The van der Waals surface area contributed by atoms with E-state index in [0.717, 1.165) is 25.7 Å². The Bertz CT molecular complexity index is 203. The molecule has 0 unspecified atom stereocenters. The number of amides is 2. The molecule has 12 heavy (non-hydrogen) atoms. The van der Waals surface area contributed by atoms with E-state index in [2.05, 4.69) is 0 Å². The van der Waals surface area contributed by atoms with Crippen LogP contribution < -0.4 is 5.73 Å². The van der Waals surface area contributed by atoms with Gasteiger partial charge < -0.3 is 10.6 Å². The van der Waals surface area contributed by atoms with Crippen LogP contribution in [0.25, 0.3) is 0 Å². The normalized spacial score (nSPS) is 17.2. The van der Waals surface area contributed by atoms with Crippen LogP contribution in [0.2, 0.25) is 0 Å². The highest BCUT2D eigenvalue weighted by Crippen LogP contribution is 2.22. The zero-order chi connectivity index (χ0) is 8.97. The smallest absolute Gasteiger partial charge is 0.315 e. The number of hydrogen-bond donors (Lipinski definition) is 1. The predicted octanol–water partition coefficient (Wildman–Crippen LogP) is 0.833. The van der Waals surface area contributed by atoms with E-state index < -0.39 is 6.03 Å². The minimum atomic E-state index is -0.469. The van der Waals surface area contributed by atoms with Crippen molar-refractivity contribution in [2.45, 2.75) is 31.7 Å². The zero-order valence-corrected chi connectivity index (χ0v) is 6.99. The Kier molecular flexibility index (Phi) is 2.92. The van der Waals surface area contributed by atoms with E-state index in [1.807, 2.05) is 6.07 Å². The molecule has 0 bridgehead atoms. The fraction of sp³-hybridized carbons (Fsp3) is 0.750. The summed E-state index contributed by atoms with van der Waals surface area (Å²) in [6, 6.07) is 1.69. The molecule has 0 aliphatic heterocycles. The standard InChI is InChI=1S/C8H13N3O/c9-5-6-11(8(10)12)7-3-1-2-4-7/h7H,1-4,6H2,(H2,10,12). The summed E-state index contributed by atoms with van der Waals surface area (Å²) in [5.41, 5.74) is 5.14. The molecule has 0 radical (unpaired) electrons. The predicted molar refractivity (Wildman–Crippen MR) is 44.2 cm³/mol. The van der Waals surface area contributed by atoms with E-state index in [9.17, 15) is 4.79 Å². The Labute approximate surface area is 71.9 Å². The molecule has 0 aromatic heterocycles. The number of urea groups is 1. The second-order valence-corrected chi connectivity index (χ2v) is 3.06. The lowest BCUT2D eigenvalue weighted by atomic mass is 10.2. The monoisotopic (exact) mass is 167 g/mol. The SMILES string of the molecule is N#CCN(C(N)=O)C1CCCC1. The zero-order valence-electron chi connectivity index (χ0n) is 6.99. The molecule has 66 valence electrons. The van der Waals surface area contributed by atoms with Gasteiger partial charge in [0, 0.05) is 6.04 Å². The van der Waals surface area contributed by atoms with E-state index in [-0.39, 0.29) is 12.6 Å². The number of nitrogens with zero attached hydrogens (tertiary/aromatic N) is 2. The van der Waals surface area contributed by atoms with E-state index >= 15 is 0 Å². The van der Waals surface area contributed by atoms with Crippen molar-refractivity contribution in [3.05, 3.63) is 0 Å². The first kappa shape index (κ1) is 8.85. The third-order valence-electron chi connectivity index (χ3n) is 2.29. The molecule has 0 heterocycles. The van der Waals surface area contributed by atoms with Crippen molar-refractivity contribution in [3.8, 4) is 6.07 Å². The molecule has 1 rings (SSSR count). The maximum Gasteiger partial charge on any atom is 0.315 e. The van der Waals surface area contributed by atoms with Crippen LogP contribution >= 0.6 is 0 Å². The molecule has 1 aliphatic carbocycles. The van der Waals surface area contributed by atoms with Crippen LogP contribution in [0.4, 0.5) is 4.79 Å². The molecular weight excluding hydrogens is 154 g/mol. The van der Waals surface area contributed by atoms with Gasteiger partial charge in [-0.05, 0) is 12.8 Å². The molecule has 0 aromatic rings. The molecule has 0 saturated heterocycles. The maximum atomic E-state index is 10.9. The number of carbonyl (C=O) groups excluding carboxylic acids is 1. The molecular formula is C8H13N3O. The molecule has 2 amide bonds. The fourth-order valence-electron chi connectivity index (χ4n) is 1.68. The van der Waals surface area contributed by atoms with Gasteiger partial charge in [0.1, 0.15) is 6.54 Å². The number of primary amides is 1. The van der Waals surface area contributed by atoms with E-state index in [4.69, 9.17) is 11.0 Å². The highest BCUT2D eigenvalue weighted by Gasteiger charge is 2.24. The third kappa shape index (κ3) is 1.88. The van der Waals surface area contributed by atoms with Crippen molar-refractivity contribution in [3.63, 3.8) is 0 Å². The van der Waals surface area contributed by atoms with E-state index in [0.29, 0.717) is 0 Å². The van der Waals surface area contributed by atoms with Crippen LogP contribution in [0.3, 0.4) is 0 Å². The summed E-state index contributed by atoms with van der Waals surface area (Å²) in [4.78, 5) is 12.3. The molecule has 2 N–H and O–H groups in total. The van der Waals surface area contributed by atoms with Gasteiger partial charge in [0.15, 0.2) is 0 Å². The van der Waals surface area contributed by atoms with Gasteiger partial charge in [-0.2, -0.15) is 5.26 Å². The van der Waals surface area contributed by atoms with Gasteiger partial charge in [0.25, 0.3) is 0 Å².